The average molecular weight is 205 g/mol. The Hall–Kier alpha value is 1.25. The summed E-state index contributed by atoms with van der Waals surface area (Å²) in [5.74, 6) is 0. The van der Waals surface area contributed by atoms with Gasteiger partial charge in [-0.2, -0.15) is 0 Å². The summed E-state index contributed by atoms with van der Waals surface area (Å²) in [5, 5.41) is 0. The van der Waals surface area contributed by atoms with Gasteiger partial charge < -0.3 is 11.0 Å². The van der Waals surface area contributed by atoms with Crippen LogP contribution in [0, 0.1) is 0 Å². The molecule has 0 aliphatic rings. The van der Waals surface area contributed by atoms with Crippen LogP contribution < -0.4 is 18.9 Å². The summed E-state index contributed by atoms with van der Waals surface area (Å²) < 4.78 is 8.74. The molecule has 0 rings (SSSR count). The van der Waals surface area contributed by atoms with Gasteiger partial charge in [0.2, 0.25) is 0 Å². The van der Waals surface area contributed by atoms with E-state index in [1.54, 1.807) is 0 Å². The monoisotopic (exact) mass is 204 g/mol. The predicted octanol–water partition coefficient (Wildman–Crippen LogP) is -4.50. The summed E-state index contributed by atoms with van der Waals surface area (Å²) >= 11 is 0. The van der Waals surface area contributed by atoms with Gasteiger partial charge in [0.25, 0.3) is 0 Å². The third-order valence-corrected chi connectivity index (χ3v) is 0. The molecular formula is H3CuLiMnO3Si. The maximum Gasteiger partial charge on any atom is 1.00 e. The Labute approximate surface area is 77.4 Å². The molecule has 0 aliphatic heterocycles. The van der Waals surface area contributed by atoms with E-state index < -0.39 is 9.17 Å². The Kier molecular flexibility index (Phi) is 53.8. The molecule has 3 nitrogen and oxygen atoms in total. The Morgan fingerprint density at radius 2 is 1.43 bits per heavy atom. The maximum absolute atomic E-state index is 8.74. The first-order valence-corrected chi connectivity index (χ1v) is 1.95. The van der Waals surface area contributed by atoms with Crippen LogP contribution in [0.3, 0.4) is 0 Å². The van der Waals surface area contributed by atoms with Gasteiger partial charge in [-0.1, -0.05) is 0 Å². The standard InChI is InChI=1S/Cu.Li.Mn.H2O3Si.H/c;;;1-4(2)3;/h;;;1-2H;/q;+1;;;-1. The van der Waals surface area contributed by atoms with Gasteiger partial charge in [0.1, 0.15) is 0 Å². The summed E-state index contributed by atoms with van der Waals surface area (Å²) in [4.78, 5) is 14.3. The fourth-order valence-corrected chi connectivity index (χ4v) is 0. The van der Waals surface area contributed by atoms with Gasteiger partial charge in [-0.15, -0.1) is 0 Å². The van der Waals surface area contributed by atoms with Crippen molar-refractivity contribution in [3.05, 3.63) is 0 Å². The minimum Gasteiger partial charge on any atom is -1.00 e. The van der Waals surface area contributed by atoms with Gasteiger partial charge in [0.15, 0.2) is 0 Å². The normalized spacial score (nSPS) is 3.43. The van der Waals surface area contributed by atoms with Crippen molar-refractivity contribution in [3.8, 4) is 0 Å². The third kappa shape index (κ3) is 127. The van der Waals surface area contributed by atoms with Gasteiger partial charge in [0, 0.05) is 34.1 Å². The second-order valence-electron chi connectivity index (χ2n) is 0.283. The smallest absolute Gasteiger partial charge is 1.00 e. The molecule has 0 saturated carbocycles. The van der Waals surface area contributed by atoms with Crippen LogP contribution in [0.15, 0.2) is 0 Å². The fraction of sp³-hybridized carbons (Fsp3) is 0. The number of hydrogen-bond donors (Lipinski definition) is 2. The van der Waals surface area contributed by atoms with Gasteiger partial charge in [-0.3, -0.25) is 4.46 Å². The van der Waals surface area contributed by atoms with Crippen LogP contribution in [-0.2, 0) is 38.6 Å². The van der Waals surface area contributed by atoms with Crippen LogP contribution in [-0.4, -0.2) is 18.8 Å². The molecule has 0 aromatic rings. The Bertz CT molecular complexity index is 42.3. The molecule has 0 aromatic heterocycles. The Morgan fingerprint density at radius 3 is 1.43 bits per heavy atom. The van der Waals surface area contributed by atoms with E-state index >= 15 is 0 Å². The predicted molar refractivity (Wildman–Crippen MR) is 12.0 cm³/mol. The molecule has 44 valence electrons. The quantitative estimate of drug-likeness (QED) is 0.391. The first-order chi connectivity index (χ1) is 1.73. The summed E-state index contributed by atoms with van der Waals surface area (Å²) in [5.41, 5.74) is 0. The first kappa shape index (κ1) is 24.0. The second kappa shape index (κ2) is 15.7. The van der Waals surface area contributed by atoms with E-state index in [0.29, 0.717) is 0 Å². The first-order valence-electron chi connectivity index (χ1n) is 0.651. The van der Waals surface area contributed by atoms with Crippen LogP contribution in [0.2, 0.25) is 0 Å². The molecule has 0 heterocycles. The largest absolute Gasteiger partial charge is 1.00 e. The maximum atomic E-state index is 8.74. The van der Waals surface area contributed by atoms with Crippen LogP contribution in [0.25, 0.3) is 0 Å². The molecule has 7 heteroatoms. The van der Waals surface area contributed by atoms with Gasteiger partial charge in [-0.25, -0.2) is 0 Å². The molecule has 0 aliphatic carbocycles. The summed E-state index contributed by atoms with van der Waals surface area (Å²) in [6, 6.07) is 0. The molecule has 0 amide bonds. The SMILES string of the molecule is O=[Si](O)O.[Cu].[H-].[Li+].[Mn]. The van der Waals surface area contributed by atoms with Crippen LogP contribution in [0.1, 0.15) is 1.43 Å². The topological polar surface area (TPSA) is 57.5 Å². The fourth-order valence-electron chi connectivity index (χ4n) is 0. The molecule has 0 atom stereocenters. The number of hydrogen-bond acceptors (Lipinski definition) is 1. The van der Waals surface area contributed by atoms with Gasteiger partial charge >= 0.3 is 28.0 Å². The molecule has 0 bridgehead atoms. The Balaban J connectivity index is -0.00000000750. The summed E-state index contributed by atoms with van der Waals surface area (Å²) in [6.45, 7) is 0. The zero-order valence-corrected chi connectivity index (χ0v) is 6.60. The molecular weight excluding hydrogens is 202 g/mol. The van der Waals surface area contributed by atoms with Crippen molar-refractivity contribution in [1.29, 1.82) is 0 Å². The molecule has 0 fully saturated rings. The van der Waals surface area contributed by atoms with E-state index in [9.17, 15) is 0 Å². The summed E-state index contributed by atoms with van der Waals surface area (Å²) in [7, 11) is -3.13. The van der Waals surface area contributed by atoms with Gasteiger partial charge in [0.05, 0.1) is 0 Å². The third-order valence-electron chi connectivity index (χ3n) is 0. The average Bonchev–Trinajstić information content (AvgIpc) is 0.811. The molecule has 2 radical (unpaired) electrons. The molecule has 2 N–H and O–H groups in total. The van der Waals surface area contributed by atoms with Gasteiger partial charge in [-0.05, 0) is 0 Å². The van der Waals surface area contributed by atoms with Crippen molar-refractivity contribution in [2.24, 2.45) is 0 Å². The zero-order chi connectivity index (χ0) is 3.58. The molecule has 7 heavy (non-hydrogen) atoms. The van der Waals surface area contributed by atoms with Crippen LogP contribution in [0.5, 0.6) is 0 Å². The van der Waals surface area contributed by atoms with Crippen molar-refractivity contribution >= 4 is 9.17 Å². The second-order valence-corrected chi connectivity index (χ2v) is 0.848. The van der Waals surface area contributed by atoms with Crippen molar-refractivity contribution < 1.29 is 68.5 Å². The summed E-state index contributed by atoms with van der Waals surface area (Å²) in [6.07, 6.45) is 0. The van der Waals surface area contributed by atoms with Crippen molar-refractivity contribution in [2.75, 3.05) is 0 Å². The molecule has 0 aromatic carbocycles. The van der Waals surface area contributed by atoms with Crippen LogP contribution in [0.4, 0.5) is 0 Å². The van der Waals surface area contributed by atoms with Crippen molar-refractivity contribution in [1.82, 2.24) is 0 Å². The van der Waals surface area contributed by atoms with E-state index in [1.165, 1.54) is 0 Å². The molecule has 0 unspecified atom stereocenters. The van der Waals surface area contributed by atoms with E-state index in [4.69, 9.17) is 14.1 Å². The van der Waals surface area contributed by atoms with Crippen molar-refractivity contribution in [2.45, 2.75) is 0 Å². The van der Waals surface area contributed by atoms with E-state index in [0.717, 1.165) is 0 Å². The number of rotatable bonds is 0. The molecule has 0 spiro atoms. The van der Waals surface area contributed by atoms with E-state index in [-0.39, 0.29) is 54.4 Å². The van der Waals surface area contributed by atoms with Crippen LogP contribution >= 0.6 is 0 Å². The molecule has 0 saturated heterocycles. The minimum absolute atomic E-state index is 0. The Morgan fingerprint density at radius 1 is 1.43 bits per heavy atom. The van der Waals surface area contributed by atoms with E-state index in [1.807, 2.05) is 0 Å². The zero-order valence-electron chi connectivity index (χ0n) is 4.48. The van der Waals surface area contributed by atoms with Crippen molar-refractivity contribution in [3.63, 3.8) is 0 Å². The minimum atomic E-state index is -3.13. The van der Waals surface area contributed by atoms with E-state index in [2.05, 4.69) is 0 Å².